The fraction of sp³-hybridized carbons (Fsp3) is 0.0213. The predicted molar refractivity (Wildman–Crippen MR) is 202 cm³/mol. The first-order valence-electron chi connectivity index (χ1n) is 16.9. The molecule has 228 valence electrons. The van der Waals surface area contributed by atoms with Crippen LogP contribution in [0.15, 0.2) is 180 Å². The molecule has 0 saturated carbocycles. The van der Waals surface area contributed by atoms with Gasteiger partial charge in [-0.1, -0.05) is 133 Å². The fourth-order valence-corrected chi connectivity index (χ4v) is 8.87. The second-order valence-corrected chi connectivity index (χ2v) is 13.2. The molecule has 0 fully saturated rings. The zero-order valence-electron chi connectivity index (χ0n) is 26.6. The maximum absolute atomic E-state index is 6.80. The van der Waals surface area contributed by atoms with Gasteiger partial charge in [-0.05, 0) is 97.7 Å². The van der Waals surface area contributed by atoms with E-state index in [2.05, 4.69) is 181 Å². The van der Waals surface area contributed by atoms with Crippen molar-refractivity contribution in [1.29, 1.82) is 0 Å². The Bertz CT molecular complexity index is 2730. The Morgan fingerprint density at radius 1 is 0.388 bits per heavy atom. The van der Waals surface area contributed by atoms with Crippen LogP contribution in [-0.2, 0) is 5.41 Å². The molecule has 1 heterocycles. The van der Waals surface area contributed by atoms with Crippen LogP contribution >= 0.6 is 0 Å². The Morgan fingerprint density at radius 3 is 1.63 bits per heavy atom. The Morgan fingerprint density at radius 2 is 0.959 bits per heavy atom. The maximum Gasteiger partial charge on any atom is 0.159 e. The molecule has 8 aromatic carbocycles. The van der Waals surface area contributed by atoms with E-state index in [0.29, 0.717) is 0 Å². The lowest BCUT2D eigenvalue weighted by molar-refractivity contribution is 0.669. The van der Waals surface area contributed by atoms with E-state index in [4.69, 9.17) is 4.42 Å². The van der Waals surface area contributed by atoms with Crippen LogP contribution in [0.25, 0.3) is 55.0 Å². The molecule has 0 atom stereocenters. The summed E-state index contributed by atoms with van der Waals surface area (Å²) < 4.78 is 6.80. The first-order valence-corrected chi connectivity index (χ1v) is 16.9. The molecule has 2 heteroatoms. The van der Waals surface area contributed by atoms with Gasteiger partial charge in [-0.15, -0.1) is 0 Å². The van der Waals surface area contributed by atoms with Gasteiger partial charge in [0.1, 0.15) is 5.58 Å². The van der Waals surface area contributed by atoms with Gasteiger partial charge >= 0.3 is 0 Å². The fourth-order valence-electron chi connectivity index (χ4n) is 8.87. The van der Waals surface area contributed by atoms with Crippen molar-refractivity contribution in [3.63, 3.8) is 0 Å². The van der Waals surface area contributed by atoms with Gasteiger partial charge < -0.3 is 9.32 Å². The van der Waals surface area contributed by atoms with E-state index in [1.54, 1.807) is 0 Å². The summed E-state index contributed by atoms with van der Waals surface area (Å²) in [4.78, 5) is 2.37. The van der Waals surface area contributed by atoms with Crippen molar-refractivity contribution in [2.24, 2.45) is 0 Å². The zero-order valence-corrected chi connectivity index (χ0v) is 26.6. The van der Waals surface area contributed by atoms with E-state index in [0.717, 1.165) is 39.0 Å². The molecule has 1 spiro atoms. The molecular formula is C47H29NO. The molecule has 0 N–H and O–H groups in total. The summed E-state index contributed by atoms with van der Waals surface area (Å²) in [5.41, 5.74) is 15.1. The lowest BCUT2D eigenvalue weighted by atomic mass is 9.70. The summed E-state index contributed by atoms with van der Waals surface area (Å²) in [5, 5.41) is 4.63. The molecule has 2 aliphatic rings. The smallest absolute Gasteiger partial charge is 0.159 e. The Kier molecular flexibility index (Phi) is 5.34. The van der Waals surface area contributed by atoms with Crippen LogP contribution < -0.4 is 4.90 Å². The molecule has 0 unspecified atom stereocenters. The van der Waals surface area contributed by atoms with Gasteiger partial charge in [0.25, 0.3) is 0 Å². The van der Waals surface area contributed by atoms with E-state index >= 15 is 0 Å². The summed E-state index contributed by atoms with van der Waals surface area (Å²) in [6.45, 7) is 0. The highest BCUT2D eigenvalue weighted by Gasteiger charge is 2.51. The molecule has 0 aliphatic heterocycles. The highest BCUT2D eigenvalue weighted by atomic mass is 16.3. The first kappa shape index (κ1) is 26.7. The predicted octanol–water partition coefficient (Wildman–Crippen LogP) is 12.6. The van der Waals surface area contributed by atoms with Gasteiger partial charge in [-0.25, -0.2) is 0 Å². The molecule has 49 heavy (non-hydrogen) atoms. The molecule has 0 radical (unpaired) electrons. The molecule has 9 aromatic rings. The van der Waals surface area contributed by atoms with Crippen molar-refractivity contribution >= 4 is 49.8 Å². The maximum atomic E-state index is 6.80. The van der Waals surface area contributed by atoms with E-state index in [1.165, 1.54) is 55.3 Å². The van der Waals surface area contributed by atoms with E-state index in [-0.39, 0.29) is 0 Å². The van der Waals surface area contributed by atoms with Crippen LogP contribution in [0.5, 0.6) is 0 Å². The summed E-state index contributed by atoms with van der Waals surface area (Å²) in [6, 6.07) is 64.2. The lowest BCUT2D eigenvalue weighted by Gasteiger charge is -2.32. The number of rotatable bonds is 3. The van der Waals surface area contributed by atoms with Crippen LogP contribution in [0.1, 0.15) is 22.3 Å². The average molecular weight is 624 g/mol. The van der Waals surface area contributed by atoms with Gasteiger partial charge in [-0.2, -0.15) is 0 Å². The normalized spacial score (nSPS) is 13.5. The molecular weight excluding hydrogens is 595 g/mol. The SMILES string of the molecule is c1ccc(N(c2ccc3c(c2)C2(c4ccccc4-c4ccccc42)c2ccccc2-3)c2cccc3c2oc2cc4ccccc4cc23)cc1. The summed E-state index contributed by atoms with van der Waals surface area (Å²) in [5.74, 6) is 0. The summed E-state index contributed by atoms with van der Waals surface area (Å²) >= 11 is 0. The number of benzene rings is 8. The largest absolute Gasteiger partial charge is 0.454 e. The van der Waals surface area contributed by atoms with Gasteiger partial charge in [0.05, 0.1) is 11.1 Å². The lowest BCUT2D eigenvalue weighted by Crippen LogP contribution is -2.26. The summed E-state index contributed by atoms with van der Waals surface area (Å²) in [7, 11) is 0. The van der Waals surface area contributed by atoms with Crippen molar-refractivity contribution in [3.05, 3.63) is 198 Å². The van der Waals surface area contributed by atoms with Crippen molar-refractivity contribution in [3.8, 4) is 22.3 Å². The van der Waals surface area contributed by atoms with Gasteiger partial charge in [0.15, 0.2) is 5.58 Å². The van der Waals surface area contributed by atoms with Gasteiger partial charge in [-0.3, -0.25) is 0 Å². The number of nitrogens with zero attached hydrogens (tertiary/aromatic N) is 1. The molecule has 0 saturated heterocycles. The molecule has 11 rings (SSSR count). The standard InChI is InChI=1S/C47H29NO/c1-2-15-32(16-3-1)48(44-24-12-20-38-39-27-30-13-4-5-14-31(30)28-45(39)49-46(38)44)33-25-26-37-36-19-8-11-23-42(36)47(43(37)29-33)40-21-9-6-17-34(40)35-18-7-10-22-41(35)47/h1-29H. The van der Waals surface area contributed by atoms with Gasteiger partial charge in [0, 0.05) is 22.1 Å². The number of para-hydroxylation sites is 2. The number of hydrogen-bond acceptors (Lipinski definition) is 2. The van der Waals surface area contributed by atoms with Crippen LogP contribution in [0, 0.1) is 0 Å². The summed E-state index contributed by atoms with van der Waals surface area (Å²) in [6.07, 6.45) is 0. The van der Waals surface area contributed by atoms with Crippen LogP contribution in [0.2, 0.25) is 0 Å². The second-order valence-electron chi connectivity index (χ2n) is 13.2. The van der Waals surface area contributed by atoms with Crippen LogP contribution in [-0.4, -0.2) is 0 Å². The molecule has 0 bridgehead atoms. The third-order valence-corrected chi connectivity index (χ3v) is 10.8. The third-order valence-electron chi connectivity index (χ3n) is 10.8. The highest BCUT2D eigenvalue weighted by Crippen LogP contribution is 2.63. The molecule has 1 aromatic heterocycles. The topological polar surface area (TPSA) is 16.4 Å². The molecule has 2 aliphatic carbocycles. The highest BCUT2D eigenvalue weighted by molar-refractivity contribution is 6.13. The minimum Gasteiger partial charge on any atom is -0.454 e. The number of fused-ring (bicyclic) bond motifs is 14. The Balaban J connectivity index is 1.20. The van der Waals surface area contributed by atoms with Crippen molar-refractivity contribution in [2.75, 3.05) is 4.90 Å². The van der Waals surface area contributed by atoms with E-state index < -0.39 is 5.41 Å². The van der Waals surface area contributed by atoms with E-state index in [9.17, 15) is 0 Å². The number of anilines is 3. The number of furan rings is 1. The van der Waals surface area contributed by atoms with Crippen LogP contribution in [0.4, 0.5) is 17.1 Å². The molecule has 2 nitrogen and oxygen atoms in total. The first-order chi connectivity index (χ1) is 24.3. The van der Waals surface area contributed by atoms with Crippen molar-refractivity contribution in [1.82, 2.24) is 0 Å². The zero-order chi connectivity index (χ0) is 32.1. The molecule has 0 amide bonds. The van der Waals surface area contributed by atoms with E-state index in [1.807, 2.05) is 0 Å². The Labute approximate surface area is 284 Å². The average Bonchev–Trinajstić information content (AvgIpc) is 3.78. The van der Waals surface area contributed by atoms with Crippen molar-refractivity contribution < 1.29 is 4.42 Å². The second kappa shape index (κ2) is 9.82. The quantitative estimate of drug-likeness (QED) is 0.195. The van der Waals surface area contributed by atoms with Crippen LogP contribution in [0.3, 0.4) is 0 Å². The minimum atomic E-state index is -0.414. The van der Waals surface area contributed by atoms with Gasteiger partial charge in [0.2, 0.25) is 0 Å². The Hall–Kier alpha value is -6.38. The van der Waals surface area contributed by atoms with Crippen molar-refractivity contribution in [2.45, 2.75) is 5.41 Å². The third kappa shape index (κ3) is 3.50. The number of hydrogen-bond donors (Lipinski definition) is 0. The minimum absolute atomic E-state index is 0.414. The monoisotopic (exact) mass is 623 g/mol.